The fourth-order valence-electron chi connectivity index (χ4n) is 2.24. The number of nitrogens with one attached hydrogen (secondary N) is 1. The van der Waals surface area contributed by atoms with Crippen LogP contribution in [0.4, 0.5) is 11.4 Å². The molecule has 0 radical (unpaired) electrons. The third-order valence-corrected chi connectivity index (χ3v) is 5.05. The van der Waals surface area contributed by atoms with E-state index in [9.17, 15) is 14.9 Å². The van der Waals surface area contributed by atoms with Crippen LogP contribution in [0.5, 0.6) is 5.75 Å². The molecule has 0 spiro atoms. The number of ether oxygens (including phenoxy) is 1. The van der Waals surface area contributed by atoms with Crippen LogP contribution in [0.25, 0.3) is 10.1 Å². The second-order valence-corrected chi connectivity index (χ2v) is 6.27. The van der Waals surface area contributed by atoms with Crippen molar-refractivity contribution in [3.05, 3.63) is 62.5 Å². The van der Waals surface area contributed by atoms with Gasteiger partial charge in [0.1, 0.15) is 16.3 Å². The quantitative estimate of drug-likeness (QED) is 0.537. The van der Waals surface area contributed by atoms with Gasteiger partial charge in [-0.05, 0) is 24.3 Å². The Morgan fingerprint density at radius 1 is 1.29 bits per heavy atom. The lowest BCUT2D eigenvalue weighted by Gasteiger charge is -2.04. The highest BCUT2D eigenvalue weighted by Gasteiger charge is 2.21. The van der Waals surface area contributed by atoms with Gasteiger partial charge in [-0.2, -0.15) is 0 Å². The zero-order chi connectivity index (χ0) is 17.3. The molecule has 3 aromatic rings. The number of benzene rings is 2. The number of methoxy groups -OCH3 is 1. The standard InChI is InChI=1S/C16H11ClN2O4S/c1-23-9-6-7-10-13(8-9)24-15(14(10)17)16(20)18-11-4-2-3-5-12(11)19(21)22/h2-8H,1H3,(H,18,20). The van der Waals surface area contributed by atoms with E-state index < -0.39 is 10.8 Å². The van der Waals surface area contributed by atoms with E-state index in [0.717, 1.165) is 10.1 Å². The van der Waals surface area contributed by atoms with Crippen LogP contribution in [0.2, 0.25) is 5.02 Å². The van der Waals surface area contributed by atoms with Crippen LogP contribution < -0.4 is 10.1 Å². The molecule has 0 unspecified atom stereocenters. The van der Waals surface area contributed by atoms with Crippen molar-refractivity contribution < 1.29 is 14.5 Å². The highest BCUT2D eigenvalue weighted by atomic mass is 35.5. The number of amides is 1. The monoisotopic (exact) mass is 362 g/mol. The van der Waals surface area contributed by atoms with Crippen molar-refractivity contribution in [2.45, 2.75) is 0 Å². The van der Waals surface area contributed by atoms with Crippen LogP contribution in [0.15, 0.2) is 42.5 Å². The predicted octanol–water partition coefficient (Wildman–Crippen LogP) is 4.72. The van der Waals surface area contributed by atoms with Gasteiger partial charge in [0.25, 0.3) is 11.6 Å². The summed E-state index contributed by atoms with van der Waals surface area (Å²) in [6.07, 6.45) is 0. The van der Waals surface area contributed by atoms with Crippen LogP contribution in [0.3, 0.4) is 0 Å². The number of carbonyl (C=O) groups is 1. The first-order valence-electron chi connectivity index (χ1n) is 6.82. The molecule has 1 aromatic heterocycles. The predicted molar refractivity (Wildman–Crippen MR) is 94.4 cm³/mol. The molecule has 1 amide bonds. The first-order chi connectivity index (χ1) is 11.5. The lowest BCUT2D eigenvalue weighted by molar-refractivity contribution is -0.383. The van der Waals surface area contributed by atoms with E-state index in [0.29, 0.717) is 10.8 Å². The molecule has 0 aliphatic heterocycles. The molecule has 0 saturated heterocycles. The number of carbonyl (C=O) groups excluding carboxylic acids is 1. The second kappa shape index (κ2) is 6.46. The summed E-state index contributed by atoms with van der Waals surface area (Å²) in [5, 5.41) is 14.6. The molecule has 2 aromatic carbocycles. The summed E-state index contributed by atoms with van der Waals surface area (Å²) in [5.41, 5.74) is -0.0524. The number of para-hydroxylation sites is 2. The van der Waals surface area contributed by atoms with Gasteiger partial charge in [-0.15, -0.1) is 11.3 Å². The number of fused-ring (bicyclic) bond motifs is 1. The van der Waals surface area contributed by atoms with Gasteiger partial charge in [-0.1, -0.05) is 23.7 Å². The molecule has 0 saturated carbocycles. The van der Waals surface area contributed by atoms with E-state index in [1.54, 1.807) is 31.4 Å². The molecule has 0 aliphatic carbocycles. The Bertz CT molecular complexity index is 954. The van der Waals surface area contributed by atoms with Gasteiger partial charge in [-0.25, -0.2) is 0 Å². The van der Waals surface area contributed by atoms with Crippen LogP contribution in [0, 0.1) is 10.1 Å². The van der Waals surface area contributed by atoms with Crippen LogP contribution in [0.1, 0.15) is 9.67 Å². The summed E-state index contributed by atoms with van der Waals surface area (Å²) >= 11 is 7.49. The summed E-state index contributed by atoms with van der Waals surface area (Å²) in [6, 6.07) is 11.3. The maximum absolute atomic E-state index is 12.5. The van der Waals surface area contributed by atoms with E-state index in [4.69, 9.17) is 16.3 Å². The first-order valence-corrected chi connectivity index (χ1v) is 8.01. The van der Waals surface area contributed by atoms with Crippen molar-refractivity contribution in [1.82, 2.24) is 0 Å². The van der Waals surface area contributed by atoms with Crippen LogP contribution >= 0.6 is 22.9 Å². The summed E-state index contributed by atoms with van der Waals surface area (Å²) in [5.74, 6) is 0.167. The molecular weight excluding hydrogens is 352 g/mol. The first kappa shape index (κ1) is 16.2. The van der Waals surface area contributed by atoms with Gasteiger partial charge in [-0.3, -0.25) is 14.9 Å². The Morgan fingerprint density at radius 3 is 2.75 bits per heavy atom. The van der Waals surface area contributed by atoms with Gasteiger partial charge < -0.3 is 10.1 Å². The van der Waals surface area contributed by atoms with Gasteiger partial charge in [0.2, 0.25) is 0 Å². The normalized spacial score (nSPS) is 10.6. The summed E-state index contributed by atoms with van der Waals surface area (Å²) in [6.45, 7) is 0. The molecule has 8 heteroatoms. The maximum Gasteiger partial charge on any atom is 0.292 e. The van der Waals surface area contributed by atoms with Crippen molar-refractivity contribution in [2.75, 3.05) is 12.4 Å². The van der Waals surface area contributed by atoms with Gasteiger partial charge in [0.05, 0.1) is 17.1 Å². The maximum atomic E-state index is 12.5. The molecule has 24 heavy (non-hydrogen) atoms. The summed E-state index contributed by atoms with van der Waals surface area (Å²) in [4.78, 5) is 23.3. The Balaban J connectivity index is 1.98. The Labute approximate surface area is 145 Å². The fraction of sp³-hybridized carbons (Fsp3) is 0.0625. The average molecular weight is 363 g/mol. The van der Waals surface area contributed by atoms with Crippen molar-refractivity contribution >= 4 is 50.3 Å². The van der Waals surface area contributed by atoms with Crippen molar-refractivity contribution in [3.8, 4) is 5.75 Å². The zero-order valence-electron chi connectivity index (χ0n) is 12.4. The number of hydrogen-bond acceptors (Lipinski definition) is 5. The van der Waals surface area contributed by atoms with Crippen molar-refractivity contribution in [3.63, 3.8) is 0 Å². The lowest BCUT2D eigenvalue weighted by Crippen LogP contribution is -2.12. The molecule has 0 bridgehead atoms. The topological polar surface area (TPSA) is 81.5 Å². The molecule has 1 N–H and O–H groups in total. The van der Waals surface area contributed by atoms with Gasteiger partial charge >= 0.3 is 0 Å². The van der Waals surface area contributed by atoms with Crippen molar-refractivity contribution in [2.24, 2.45) is 0 Å². The average Bonchev–Trinajstić information content (AvgIpc) is 2.91. The van der Waals surface area contributed by atoms with E-state index in [1.807, 2.05) is 0 Å². The molecule has 0 aliphatic rings. The Hall–Kier alpha value is -2.64. The summed E-state index contributed by atoms with van der Waals surface area (Å²) in [7, 11) is 1.55. The SMILES string of the molecule is COc1ccc2c(Cl)c(C(=O)Nc3ccccc3[N+](=O)[O-])sc2c1. The number of anilines is 1. The van der Waals surface area contributed by atoms with E-state index in [1.165, 1.54) is 29.5 Å². The highest BCUT2D eigenvalue weighted by molar-refractivity contribution is 7.21. The zero-order valence-corrected chi connectivity index (χ0v) is 14.0. The molecule has 0 atom stereocenters. The number of hydrogen-bond donors (Lipinski definition) is 1. The number of halogens is 1. The largest absolute Gasteiger partial charge is 0.497 e. The van der Waals surface area contributed by atoms with E-state index in [2.05, 4.69) is 5.32 Å². The number of rotatable bonds is 4. The minimum atomic E-state index is -0.549. The third-order valence-electron chi connectivity index (χ3n) is 3.39. The highest BCUT2D eigenvalue weighted by Crippen LogP contribution is 2.38. The Morgan fingerprint density at radius 2 is 2.04 bits per heavy atom. The molecule has 6 nitrogen and oxygen atoms in total. The van der Waals surface area contributed by atoms with E-state index >= 15 is 0 Å². The number of thiophene rings is 1. The van der Waals surface area contributed by atoms with Gasteiger partial charge in [0.15, 0.2) is 0 Å². The van der Waals surface area contributed by atoms with Crippen LogP contribution in [-0.4, -0.2) is 17.9 Å². The smallest absolute Gasteiger partial charge is 0.292 e. The third kappa shape index (κ3) is 2.91. The number of nitro groups is 1. The molecule has 1 heterocycles. The molecular formula is C16H11ClN2O4S. The van der Waals surface area contributed by atoms with Crippen molar-refractivity contribution in [1.29, 1.82) is 0 Å². The van der Waals surface area contributed by atoms with E-state index in [-0.39, 0.29) is 16.3 Å². The van der Waals surface area contributed by atoms with Gasteiger partial charge in [0, 0.05) is 16.2 Å². The minimum absolute atomic E-state index is 0.124. The van der Waals surface area contributed by atoms with Crippen LogP contribution in [-0.2, 0) is 0 Å². The molecule has 0 fully saturated rings. The lowest BCUT2D eigenvalue weighted by atomic mass is 10.2. The fourth-order valence-corrected chi connectivity index (χ4v) is 3.68. The Kier molecular flexibility index (Phi) is 4.37. The number of nitro benzene ring substituents is 1. The minimum Gasteiger partial charge on any atom is -0.497 e. The molecule has 3 rings (SSSR count). The number of nitrogens with zero attached hydrogens (tertiary/aromatic N) is 1. The second-order valence-electron chi connectivity index (χ2n) is 4.84. The summed E-state index contributed by atoms with van der Waals surface area (Å²) < 4.78 is 5.96. The molecule has 122 valence electrons.